The third kappa shape index (κ3) is 6.51. The van der Waals surface area contributed by atoms with E-state index in [4.69, 9.17) is 0 Å². The molecule has 0 aliphatic rings. The van der Waals surface area contributed by atoms with E-state index in [1.165, 1.54) is 12.1 Å². The van der Waals surface area contributed by atoms with Crippen molar-refractivity contribution in [2.45, 2.75) is 38.5 Å². The molecule has 6 nitrogen and oxygen atoms in total. The molecule has 0 bridgehead atoms. The topological polar surface area (TPSA) is 102 Å². The first-order chi connectivity index (χ1) is 14.5. The van der Waals surface area contributed by atoms with Gasteiger partial charge in [-0.25, -0.2) is 0 Å². The minimum Gasteiger partial charge on any atom is -0.300 e. The molecule has 0 aliphatic carbocycles. The fraction of sp³-hybridized carbons (Fsp3) is 0.250. The maximum atomic E-state index is 12.2. The number of carbonyl (C=O) groups excluding carboxylic acids is 6. The Kier molecular flexibility index (Phi) is 8.69. The molecule has 6 heteroatoms. The molecule has 0 spiro atoms. The Morgan fingerprint density at radius 3 is 1.23 bits per heavy atom. The second-order valence-electron chi connectivity index (χ2n) is 6.83. The van der Waals surface area contributed by atoms with Crippen LogP contribution in [0.5, 0.6) is 0 Å². The van der Waals surface area contributed by atoms with Gasteiger partial charge in [-0.1, -0.05) is 48.5 Å². The molecule has 0 aromatic heterocycles. The Hall–Kier alpha value is -3.54. The fourth-order valence-electron chi connectivity index (χ4n) is 3.01. The minimum absolute atomic E-state index is 0.000552. The molecular weight excluding hydrogens is 384 g/mol. The van der Waals surface area contributed by atoms with Crippen molar-refractivity contribution < 1.29 is 28.8 Å². The van der Waals surface area contributed by atoms with Gasteiger partial charge in [0, 0.05) is 60.8 Å². The largest absolute Gasteiger partial charge is 0.300 e. The van der Waals surface area contributed by atoms with Gasteiger partial charge in [-0.15, -0.1) is 0 Å². The van der Waals surface area contributed by atoms with Gasteiger partial charge < -0.3 is 0 Å². The predicted octanol–water partition coefficient (Wildman–Crippen LogP) is 3.86. The van der Waals surface area contributed by atoms with Gasteiger partial charge in [0.15, 0.2) is 24.1 Å². The summed E-state index contributed by atoms with van der Waals surface area (Å²) in [6, 6.07) is 12.8. The quantitative estimate of drug-likeness (QED) is 0.370. The second kappa shape index (κ2) is 11.5. The second-order valence-corrected chi connectivity index (χ2v) is 6.83. The van der Waals surface area contributed by atoms with Gasteiger partial charge in [-0.2, -0.15) is 0 Å². The SMILES string of the molecule is O=Cc1ccccc1C(=O)CCC(=O)CCC(=O)CCC(=O)c1ccccc1C=O. The standard InChI is InChI=1S/C24H22O6/c25-15-17-5-1-3-7-21(17)23(29)13-11-19(27)9-10-20(28)12-14-24(30)22-8-4-2-6-18(22)16-26/h1-8,15-16H,9-14H2. The zero-order valence-electron chi connectivity index (χ0n) is 16.5. The number of rotatable bonds is 13. The van der Waals surface area contributed by atoms with E-state index < -0.39 is 0 Å². The molecule has 0 atom stereocenters. The first-order valence-corrected chi connectivity index (χ1v) is 9.64. The van der Waals surface area contributed by atoms with E-state index >= 15 is 0 Å². The molecule has 0 aliphatic heterocycles. The summed E-state index contributed by atoms with van der Waals surface area (Å²) < 4.78 is 0. The normalized spacial score (nSPS) is 10.3. The van der Waals surface area contributed by atoms with Crippen LogP contribution < -0.4 is 0 Å². The lowest BCUT2D eigenvalue weighted by Gasteiger charge is -2.05. The number of hydrogen-bond donors (Lipinski definition) is 0. The van der Waals surface area contributed by atoms with Crippen molar-refractivity contribution in [2.75, 3.05) is 0 Å². The maximum Gasteiger partial charge on any atom is 0.164 e. The summed E-state index contributed by atoms with van der Waals surface area (Å²) >= 11 is 0. The van der Waals surface area contributed by atoms with E-state index in [9.17, 15) is 28.8 Å². The third-order valence-corrected chi connectivity index (χ3v) is 4.72. The van der Waals surface area contributed by atoms with E-state index in [0.29, 0.717) is 12.6 Å². The molecular formula is C24H22O6. The fourth-order valence-corrected chi connectivity index (χ4v) is 3.01. The maximum absolute atomic E-state index is 12.2. The van der Waals surface area contributed by atoms with E-state index in [-0.39, 0.29) is 83.9 Å². The number of aldehydes is 2. The highest BCUT2D eigenvalue weighted by molar-refractivity contribution is 6.05. The van der Waals surface area contributed by atoms with Crippen LogP contribution in [0.1, 0.15) is 80.0 Å². The number of hydrogen-bond acceptors (Lipinski definition) is 6. The smallest absolute Gasteiger partial charge is 0.164 e. The lowest BCUT2D eigenvalue weighted by atomic mass is 9.97. The first-order valence-electron chi connectivity index (χ1n) is 9.64. The number of carbonyl (C=O) groups is 6. The van der Waals surface area contributed by atoms with Gasteiger partial charge in [0.1, 0.15) is 11.6 Å². The van der Waals surface area contributed by atoms with Crippen LogP contribution in [-0.2, 0) is 9.59 Å². The molecule has 0 heterocycles. The molecule has 0 saturated carbocycles. The molecule has 30 heavy (non-hydrogen) atoms. The Balaban J connectivity index is 1.74. The van der Waals surface area contributed by atoms with Crippen LogP contribution in [0.2, 0.25) is 0 Å². The van der Waals surface area contributed by atoms with Crippen molar-refractivity contribution >= 4 is 35.7 Å². The van der Waals surface area contributed by atoms with Crippen LogP contribution in [-0.4, -0.2) is 35.7 Å². The van der Waals surface area contributed by atoms with Crippen LogP contribution in [0.15, 0.2) is 48.5 Å². The number of Topliss-reactive ketones (excluding diaryl/α,β-unsaturated/α-hetero) is 4. The Bertz CT molecular complexity index is 894. The Morgan fingerprint density at radius 2 is 0.867 bits per heavy atom. The van der Waals surface area contributed by atoms with Gasteiger partial charge in [0.25, 0.3) is 0 Å². The summed E-state index contributed by atoms with van der Waals surface area (Å²) in [7, 11) is 0. The van der Waals surface area contributed by atoms with Crippen molar-refractivity contribution in [1.82, 2.24) is 0 Å². The van der Waals surface area contributed by atoms with E-state index in [0.717, 1.165) is 0 Å². The van der Waals surface area contributed by atoms with E-state index in [1.54, 1.807) is 36.4 Å². The monoisotopic (exact) mass is 406 g/mol. The van der Waals surface area contributed by atoms with Crippen molar-refractivity contribution in [1.29, 1.82) is 0 Å². The van der Waals surface area contributed by atoms with Gasteiger partial charge in [0.05, 0.1) is 0 Å². The lowest BCUT2D eigenvalue weighted by Crippen LogP contribution is -2.10. The molecule has 0 amide bonds. The van der Waals surface area contributed by atoms with Gasteiger partial charge in [-0.05, 0) is 0 Å². The van der Waals surface area contributed by atoms with Crippen LogP contribution in [0.25, 0.3) is 0 Å². The molecule has 2 aromatic carbocycles. The molecule has 2 aromatic rings. The molecule has 0 unspecified atom stereocenters. The van der Waals surface area contributed by atoms with Crippen molar-refractivity contribution in [2.24, 2.45) is 0 Å². The minimum atomic E-state index is -0.295. The highest BCUT2D eigenvalue weighted by atomic mass is 16.1. The zero-order chi connectivity index (χ0) is 21.9. The van der Waals surface area contributed by atoms with Crippen LogP contribution in [0, 0.1) is 0 Å². The molecule has 0 N–H and O–H groups in total. The number of benzene rings is 2. The lowest BCUT2D eigenvalue weighted by molar-refractivity contribution is -0.124. The van der Waals surface area contributed by atoms with E-state index in [2.05, 4.69) is 0 Å². The van der Waals surface area contributed by atoms with Crippen molar-refractivity contribution in [3.05, 3.63) is 70.8 Å². The Morgan fingerprint density at radius 1 is 0.533 bits per heavy atom. The molecule has 0 radical (unpaired) electrons. The summed E-state index contributed by atoms with van der Waals surface area (Å²) in [5.74, 6) is -1.04. The molecule has 154 valence electrons. The van der Waals surface area contributed by atoms with Gasteiger partial charge in [-0.3, -0.25) is 28.8 Å². The number of ketones is 4. The van der Waals surface area contributed by atoms with Crippen LogP contribution >= 0.6 is 0 Å². The summed E-state index contributed by atoms with van der Waals surface area (Å²) in [5.41, 5.74) is 1.13. The summed E-state index contributed by atoms with van der Waals surface area (Å²) in [5, 5.41) is 0. The average molecular weight is 406 g/mol. The van der Waals surface area contributed by atoms with E-state index in [1.807, 2.05) is 0 Å². The van der Waals surface area contributed by atoms with Crippen molar-refractivity contribution in [3.63, 3.8) is 0 Å². The Labute approximate surface area is 174 Å². The summed E-state index contributed by atoms with van der Waals surface area (Å²) in [4.78, 5) is 70.4. The van der Waals surface area contributed by atoms with Crippen molar-refractivity contribution in [3.8, 4) is 0 Å². The first kappa shape index (κ1) is 22.7. The van der Waals surface area contributed by atoms with Crippen LogP contribution in [0.3, 0.4) is 0 Å². The molecule has 0 fully saturated rings. The highest BCUT2D eigenvalue weighted by Crippen LogP contribution is 2.13. The predicted molar refractivity (Wildman–Crippen MR) is 110 cm³/mol. The average Bonchev–Trinajstić information content (AvgIpc) is 2.79. The third-order valence-electron chi connectivity index (χ3n) is 4.72. The van der Waals surface area contributed by atoms with Crippen LogP contribution in [0.4, 0.5) is 0 Å². The molecule has 0 saturated heterocycles. The molecule has 2 rings (SSSR count). The van der Waals surface area contributed by atoms with Gasteiger partial charge >= 0.3 is 0 Å². The van der Waals surface area contributed by atoms with Gasteiger partial charge in [0.2, 0.25) is 0 Å². The zero-order valence-corrected chi connectivity index (χ0v) is 16.5. The summed E-state index contributed by atoms with van der Waals surface area (Å²) in [6.07, 6.45) is 1.12. The highest BCUT2D eigenvalue weighted by Gasteiger charge is 2.15. The summed E-state index contributed by atoms with van der Waals surface area (Å²) in [6.45, 7) is 0.